The predicted molar refractivity (Wildman–Crippen MR) is 83.5 cm³/mol. The summed E-state index contributed by atoms with van der Waals surface area (Å²) in [5.74, 6) is 5.49. The van der Waals surface area contributed by atoms with Crippen LogP contribution in [-0.4, -0.2) is 37.4 Å². The van der Waals surface area contributed by atoms with E-state index in [4.69, 9.17) is 21.4 Å². The molecule has 2 N–H and O–H groups in total. The van der Waals surface area contributed by atoms with Crippen LogP contribution in [0.4, 0.5) is 0 Å². The number of aliphatic hydroxyl groups excluding tert-OH is 1. The largest absolute Gasteiger partial charge is 0.395 e. The van der Waals surface area contributed by atoms with Crippen molar-refractivity contribution >= 4 is 17.5 Å². The summed E-state index contributed by atoms with van der Waals surface area (Å²) in [5, 5.41) is 11.9. The van der Waals surface area contributed by atoms with Crippen LogP contribution in [-0.2, 0) is 4.74 Å². The van der Waals surface area contributed by atoms with E-state index in [1.54, 1.807) is 18.2 Å². The molecule has 0 aromatic heterocycles. The lowest BCUT2D eigenvalue weighted by molar-refractivity contribution is 0.0944. The van der Waals surface area contributed by atoms with E-state index in [0.717, 1.165) is 6.42 Å². The van der Waals surface area contributed by atoms with Crippen molar-refractivity contribution in [2.45, 2.75) is 19.8 Å². The van der Waals surface area contributed by atoms with E-state index in [2.05, 4.69) is 17.2 Å². The van der Waals surface area contributed by atoms with Crippen molar-refractivity contribution in [3.05, 3.63) is 34.3 Å². The average Bonchev–Trinajstić information content (AvgIpc) is 2.48. The van der Waals surface area contributed by atoms with E-state index in [-0.39, 0.29) is 12.5 Å². The van der Waals surface area contributed by atoms with Gasteiger partial charge in [-0.25, -0.2) is 0 Å². The molecule has 1 aromatic rings. The van der Waals surface area contributed by atoms with Crippen molar-refractivity contribution < 1.29 is 14.6 Å². The summed E-state index contributed by atoms with van der Waals surface area (Å²) >= 11 is 6.09. The second kappa shape index (κ2) is 10.2. The predicted octanol–water partition coefficient (Wildman–Crippen LogP) is 2.23. The van der Waals surface area contributed by atoms with Gasteiger partial charge in [0.25, 0.3) is 5.91 Å². The molecule has 1 aromatic carbocycles. The molecule has 0 bridgehead atoms. The smallest absolute Gasteiger partial charge is 0.251 e. The zero-order valence-electron chi connectivity index (χ0n) is 12.1. The van der Waals surface area contributed by atoms with Crippen molar-refractivity contribution in [3.63, 3.8) is 0 Å². The maximum Gasteiger partial charge on any atom is 0.251 e. The van der Waals surface area contributed by atoms with E-state index in [0.29, 0.717) is 42.3 Å². The Morgan fingerprint density at radius 2 is 2.29 bits per heavy atom. The summed E-state index contributed by atoms with van der Waals surface area (Å²) in [7, 11) is 0. The molecule has 0 radical (unpaired) electrons. The fourth-order valence-corrected chi connectivity index (χ4v) is 1.82. The SMILES string of the molecule is CCOCCCNC(=O)c1ccc(C#CCCO)c(Cl)c1. The van der Waals surface area contributed by atoms with Crippen LogP contribution in [0.15, 0.2) is 18.2 Å². The van der Waals surface area contributed by atoms with Gasteiger partial charge in [0.15, 0.2) is 0 Å². The topological polar surface area (TPSA) is 58.6 Å². The number of rotatable bonds is 7. The molecule has 5 heteroatoms. The number of halogens is 1. The summed E-state index contributed by atoms with van der Waals surface area (Å²) in [6, 6.07) is 5.00. The molecule has 0 aliphatic rings. The maximum absolute atomic E-state index is 11.9. The van der Waals surface area contributed by atoms with E-state index in [1.807, 2.05) is 6.92 Å². The van der Waals surface area contributed by atoms with Crippen LogP contribution in [0, 0.1) is 11.8 Å². The Kier molecular flexibility index (Phi) is 8.53. The molecule has 0 heterocycles. The first-order valence-electron chi connectivity index (χ1n) is 6.94. The molecule has 0 saturated carbocycles. The first-order chi connectivity index (χ1) is 10.2. The van der Waals surface area contributed by atoms with Gasteiger partial charge in [-0.1, -0.05) is 23.4 Å². The third kappa shape index (κ3) is 6.63. The highest BCUT2D eigenvalue weighted by molar-refractivity contribution is 6.32. The first kappa shape index (κ1) is 17.5. The van der Waals surface area contributed by atoms with Crippen molar-refractivity contribution in [2.75, 3.05) is 26.4 Å². The number of carbonyl (C=O) groups excluding carboxylic acids is 1. The lowest BCUT2D eigenvalue weighted by Crippen LogP contribution is -2.25. The van der Waals surface area contributed by atoms with Gasteiger partial charge < -0.3 is 15.2 Å². The number of amides is 1. The fraction of sp³-hybridized carbons (Fsp3) is 0.438. The number of benzene rings is 1. The number of ether oxygens (including phenoxy) is 1. The zero-order valence-corrected chi connectivity index (χ0v) is 12.9. The third-order valence-corrected chi connectivity index (χ3v) is 2.96. The number of hydrogen-bond acceptors (Lipinski definition) is 3. The monoisotopic (exact) mass is 309 g/mol. The van der Waals surface area contributed by atoms with Crippen LogP contribution in [0.2, 0.25) is 5.02 Å². The second-order valence-corrected chi connectivity index (χ2v) is 4.68. The van der Waals surface area contributed by atoms with Crippen LogP contribution >= 0.6 is 11.6 Å². The summed E-state index contributed by atoms with van der Waals surface area (Å²) in [6.45, 7) is 3.84. The molecule has 0 spiro atoms. The fourth-order valence-electron chi connectivity index (χ4n) is 1.59. The molecule has 0 aliphatic carbocycles. The first-order valence-corrected chi connectivity index (χ1v) is 7.32. The molecule has 0 fully saturated rings. The number of hydrogen-bond donors (Lipinski definition) is 2. The molecule has 114 valence electrons. The van der Waals surface area contributed by atoms with Gasteiger partial charge in [0, 0.05) is 37.3 Å². The molecule has 0 unspecified atom stereocenters. The van der Waals surface area contributed by atoms with Gasteiger partial charge in [-0.05, 0) is 31.5 Å². The molecule has 4 nitrogen and oxygen atoms in total. The molecular formula is C16H20ClNO3. The number of aliphatic hydroxyl groups is 1. The molecule has 0 saturated heterocycles. The molecule has 1 rings (SSSR count). The molecule has 21 heavy (non-hydrogen) atoms. The Morgan fingerprint density at radius 1 is 1.48 bits per heavy atom. The molecule has 0 atom stereocenters. The summed E-state index contributed by atoms with van der Waals surface area (Å²) in [4.78, 5) is 11.9. The number of carbonyl (C=O) groups is 1. The highest BCUT2D eigenvalue weighted by atomic mass is 35.5. The Bertz CT molecular complexity index is 520. The van der Waals surface area contributed by atoms with Crippen LogP contribution in [0.1, 0.15) is 35.7 Å². The van der Waals surface area contributed by atoms with E-state index in [1.165, 1.54) is 0 Å². The Labute approximate surface area is 130 Å². The standard InChI is InChI=1S/C16H20ClNO3/c1-2-21-11-5-9-18-16(20)14-8-7-13(15(17)12-14)6-3-4-10-19/h7-8,12,19H,2,4-5,9-11H2,1H3,(H,18,20). The normalized spacial score (nSPS) is 9.86. The van der Waals surface area contributed by atoms with Gasteiger partial charge in [0.05, 0.1) is 11.6 Å². The van der Waals surface area contributed by atoms with Gasteiger partial charge in [-0.15, -0.1) is 0 Å². The van der Waals surface area contributed by atoms with E-state index < -0.39 is 0 Å². The van der Waals surface area contributed by atoms with Gasteiger partial charge in [0.1, 0.15) is 0 Å². The van der Waals surface area contributed by atoms with Crippen molar-refractivity contribution in [1.29, 1.82) is 0 Å². The lowest BCUT2D eigenvalue weighted by Gasteiger charge is -2.06. The highest BCUT2D eigenvalue weighted by Crippen LogP contribution is 2.17. The van der Waals surface area contributed by atoms with E-state index >= 15 is 0 Å². The average molecular weight is 310 g/mol. The minimum absolute atomic E-state index is 0.0207. The minimum atomic E-state index is -0.164. The highest BCUT2D eigenvalue weighted by Gasteiger charge is 2.07. The molecule has 1 amide bonds. The third-order valence-electron chi connectivity index (χ3n) is 2.65. The van der Waals surface area contributed by atoms with Crippen LogP contribution in [0.25, 0.3) is 0 Å². The van der Waals surface area contributed by atoms with Gasteiger partial charge >= 0.3 is 0 Å². The quantitative estimate of drug-likeness (QED) is 0.600. The maximum atomic E-state index is 11.9. The summed E-state index contributed by atoms with van der Waals surface area (Å²) in [5.41, 5.74) is 1.15. The van der Waals surface area contributed by atoms with Gasteiger partial charge in [0.2, 0.25) is 0 Å². The minimum Gasteiger partial charge on any atom is -0.395 e. The summed E-state index contributed by atoms with van der Waals surface area (Å²) < 4.78 is 5.20. The van der Waals surface area contributed by atoms with Crippen LogP contribution < -0.4 is 5.32 Å². The lowest BCUT2D eigenvalue weighted by atomic mass is 10.1. The van der Waals surface area contributed by atoms with Gasteiger partial charge in [-0.3, -0.25) is 4.79 Å². The van der Waals surface area contributed by atoms with Crippen LogP contribution in [0.3, 0.4) is 0 Å². The summed E-state index contributed by atoms with van der Waals surface area (Å²) in [6.07, 6.45) is 1.18. The van der Waals surface area contributed by atoms with Crippen molar-refractivity contribution in [1.82, 2.24) is 5.32 Å². The number of nitrogens with one attached hydrogen (secondary N) is 1. The molecular weight excluding hydrogens is 290 g/mol. The Hall–Kier alpha value is -1.54. The van der Waals surface area contributed by atoms with Crippen molar-refractivity contribution in [3.8, 4) is 11.8 Å². The van der Waals surface area contributed by atoms with Crippen molar-refractivity contribution in [2.24, 2.45) is 0 Å². The van der Waals surface area contributed by atoms with E-state index in [9.17, 15) is 4.79 Å². The second-order valence-electron chi connectivity index (χ2n) is 4.28. The van der Waals surface area contributed by atoms with Crippen LogP contribution in [0.5, 0.6) is 0 Å². The molecule has 0 aliphatic heterocycles. The zero-order chi connectivity index (χ0) is 15.5. The Balaban J connectivity index is 2.54. The Morgan fingerprint density at radius 3 is 2.95 bits per heavy atom. The van der Waals surface area contributed by atoms with Gasteiger partial charge in [-0.2, -0.15) is 0 Å².